The molecule has 0 unspecified atom stereocenters. The molecule has 2 fully saturated rings. The third kappa shape index (κ3) is 6.31. The monoisotopic (exact) mass is 427 g/mol. The van der Waals surface area contributed by atoms with Crippen LogP contribution in [0.2, 0.25) is 0 Å². The Labute approximate surface area is 188 Å². The van der Waals surface area contributed by atoms with Crippen molar-refractivity contribution < 1.29 is 9.59 Å². The van der Waals surface area contributed by atoms with E-state index in [0.29, 0.717) is 12.0 Å². The Morgan fingerprint density at radius 3 is 2.06 bits per heavy atom. The first-order valence-corrected chi connectivity index (χ1v) is 12.1. The van der Waals surface area contributed by atoms with E-state index in [2.05, 4.69) is 57.0 Å². The molecule has 0 bridgehead atoms. The molecule has 2 aliphatic rings. The zero-order valence-electron chi connectivity index (χ0n) is 20.1. The molecule has 172 valence electrons. The van der Waals surface area contributed by atoms with Crippen LogP contribution in [0, 0.1) is 11.8 Å². The first-order valence-electron chi connectivity index (χ1n) is 12.1. The lowest BCUT2D eigenvalue weighted by Gasteiger charge is -2.41. The van der Waals surface area contributed by atoms with Gasteiger partial charge in [-0.2, -0.15) is 0 Å². The van der Waals surface area contributed by atoms with E-state index in [4.69, 9.17) is 0 Å². The number of nitrogens with one attached hydrogen (secondary N) is 1. The van der Waals surface area contributed by atoms with Crippen LogP contribution in [0.4, 0.5) is 0 Å². The molecule has 0 saturated carbocycles. The van der Waals surface area contributed by atoms with Crippen LogP contribution >= 0.6 is 0 Å². The predicted octanol–water partition coefficient (Wildman–Crippen LogP) is 4.07. The van der Waals surface area contributed by atoms with Gasteiger partial charge in [-0.3, -0.25) is 9.59 Å². The van der Waals surface area contributed by atoms with Crippen LogP contribution in [-0.4, -0.2) is 60.4 Å². The largest absolute Gasteiger partial charge is 0.356 e. The third-order valence-corrected chi connectivity index (χ3v) is 6.85. The van der Waals surface area contributed by atoms with Gasteiger partial charge in [0, 0.05) is 37.2 Å². The molecule has 0 aromatic heterocycles. The molecule has 1 aromatic rings. The van der Waals surface area contributed by atoms with Crippen molar-refractivity contribution in [1.82, 2.24) is 15.1 Å². The fourth-order valence-electron chi connectivity index (χ4n) is 4.71. The standard InChI is InChI=1S/C26H41N3O2/c1-19(2)18-27-24(30)20-10-14-28(15-11-20)23-12-16-29(17-13-23)25(31)21-6-8-22(9-7-21)26(3,4)5/h6-9,19-20,23H,10-18H2,1-5H3,(H,27,30). The van der Waals surface area contributed by atoms with E-state index >= 15 is 0 Å². The van der Waals surface area contributed by atoms with E-state index in [-0.39, 0.29) is 23.1 Å². The fourth-order valence-corrected chi connectivity index (χ4v) is 4.71. The number of rotatable bonds is 5. The smallest absolute Gasteiger partial charge is 0.253 e. The van der Waals surface area contributed by atoms with Gasteiger partial charge >= 0.3 is 0 Å². The van der Waals surface area contributed by atoms with Crippen LogP contribution in [0.3, 0.4) is 0 Å². The number of likely N-dealkylation sites (tertiary alicyclic amines) is 2. The summed E-state index contributed by atoms with van der Waals surface area (Å²) in [7, 11) is 0. The van der Waals surface area contributed by atoms with Gasteiger partial charge in [0.05, 0.1) is 0 Å². The normalized spacial score (nSPS) is 19.6. The highest BCUT2D eigenvalue weighted by molar-refractivity contribution is 5.94. The molecule has 0 atom stereocenters. The van der Waals surface area contributed by atoms with Crippen molar-refractivity contribution in [2.75, 3.05) is 32.7 Å². The molecule has 0 radical (unpaired) electrons. The van der Waals surface area contributed by atoms with Gasteiger partial charge in [-0.15, -0.1) is 0 Å². The van der Waals surface area contributed by atoms with Gasteiger partial charge in [-0.25, -0.2) is 0 Å². The van der Waals surface area contributed by atoms with Crippen molar-refractivity contribution in [3.05, 3.63) is 35.4 Å². The Morgan fingerprint density at radius 1 is 0.968 bits per heavy atom. The number of benzene rings is 1. The highest BCUT2D eigenvalue weighted by atomic mass is 16.2. The van der Waals surface area contributed by atoms with Gasteiger partial charge in [-0.1, -0.05) is 46.8 Å². The van der Waals surface area contributed by atoms with Crippen molar-refractivity contribution in [3.63, 3.8) is 0 Å². The molecule has 2 aliphatic heterocycles. The van der Waals surface area contributed by atoms with Gasteiger partial charge in [0.25, 0.3) is 5.91 Å². The highest BCUT2D eigenvalue weighted by Crippen LogP contribution is 2.26. The maximum atomic E-state index is 12.9. The summed E-state index contributed by atoms with van der Waals surface area (Å²) in [6, 6.07) is 8.66. The SMILES string of the molecule is CC(C)CNC(=O)C1CCN(C2CCN(C(=O)c3ccc(C(C)(C)C)cc3)CC2)CC1. The van der Waals surface area contributed by atoms with Crippen LogP contribution in [0.15, 0.2) is 24.3 Å². The minimum atomic E-state index is 0.0997. The van der Waals surface area contributed by atoms with Crippen LogP contribution < -0.4 is 5.32 Å². The number of hydrogen-bond donors (Lipinski definition) is 1. The quantitative estimate of drug-likeness (QED) is 0.771. The van der Waals surface area contributed by atoms with Gasteiger partial charge in [0.15, 0.2) is 0 Å². The van der Waals surface area contributed by atoms with Gasteiger partial charge in [0.2, 0.25) is 5.91 Å². The molecule has 5 nitrogen and oxygen atoms in total. The van der Waals surface area contributed by atoms with E-state index in [9.17, 15) is 9.59 Å². The third-order valence-electron chi connectivity index (χ3n) is 6.85. The maximum absolute atomic E-state index is 12.9. The van der Waals surface area contributed by atoms with E-state index < -0.39 is 0 Å². The second kappa shape index (κ2) is 10.2. The molecule has 1 N–H and O–H groups in total. The van der Waals surface area contributed by atoms with Gasteiger partial charge in [-0.05, 0) is 67.8 Å². The van der Waals surface area contributed by atoms with Crippen LogP contribution in [0.1, 0.15) is 76.2 Å². The molecule has 0 aliphatic carbocycles. The summed E-state index contributed by atoms with van der Waals surface area (Å²) in [6.07, 6.45) is 3.94. The Morgan fingerprint density at radius 2 is 1.55 bits per heavy atom. The molecule has 2 saturated heterocycles. The second-order valence-electron chi connectivity index (χ2n) is 10.8. The van der Waals surface area contributed by atoms with Gasteiger partial charge in [0.1, 0.15) is 0 Å². The summed E-state index contributed by atoms with van der Waals surface area (Å²) in [5.41, 5.74) is 2.14. The first-order chi connectivity index (χ1) is 14.6. The molecule has 2 amide bonds. The van der Waals surface area contributed by atoms with E-state index in [0.717, 1.165) is 64.0 Å². The van der Waals surface area contributed by atoms with Crippen molar-refractivity contribution in [3.8, 4) is 0 Å². The minimum absolute atomic E-state index is 0.0997. The zero-order chi connectivity index (χ0) is 22.6. The van der Waals surface area contributed by atoms with Crippen LogP contribution in [0.25, 0.3) is 0 Å². The van der Waals surface area contributed by atoms with Crippen molar-refractivity contribution in [1.29, 1.82) is 0 Å². The van der Waals surface area contributed by atoms with Crippen LogP contribution in [-0.2, 0) is 10.2 Å². The average Bonchev–Trinajstić information content (AvgIpc) is 2.76. The number of piperidine rings is 2. The summed E-state index contributed by atoms with van der Waals surface area (Å²) in [5, 5.41) is 3.09. The molecule has 5 heteroatoms. The number of carbonyl (C=O) groups excluding carboxylic acids is 2. The summed E-state index contributed by atoms with van der Waals surface area (Å²) in [4.78, 5) is 29.8. The molecule has 0 spiro atoms. The molecule has 31 heavy (non-hydrogen) atoms. The first kappa shape index (κ1) is 23.8. The van der Waals surface area contributed by atoms with E-state index in [1.807, 2.05) is 17.0 Å². The predicted molar refractivity (Wildman–Crippen MR) is 126 cm³/mol. The number of nitrogens with zero attached hydrogens (tertiary/aromatic N) is 2. The molecule has 3 rings (SSSR count). The van der Waals surface area contributed by atoms with Gasteiger partial charge < -0.3 is 15.1 Å². The average molecular weight is 428 g/mol. The lowest BCUT2D eigenvalue weighted by molar-refractivity contribution is -0.126. The fraction of sp³-hybridized carbons (Fsp3) is 0.692. The topological polar surface area (TPSA) is 52.7 Å². The minimum Gasteiger partial charge on any atom is -0.356 e. The summed E-state index contributed by atoms with van der Waals surface area (Å²) < 4.78 is 0. The van der Waals surface area contributed by atoms with Crippen molar-refractivity contribution in [2.45, 2.75) is 71.8 Å². The Bertz CT molecular complexity index is 735. The summed E-state index contributed by atoms with van der Waals surface area (Å²) in [6.45, 7) is 15.2. The zero-order valence-corrected chi connectivity index (χ0v) is 20.1. The second-order valence-corrected chi connectivity index (χ2v) is 10.8. The lowest BCUT2D eigenvalue weighted by atomic mass is 9.86. The summed E-state index contributed by atoms with van der Waals surface area (Å²) >= 11 is 0. The van der Waals surface area contributed by atoms with Crippen molar-refractivity contribution >= 4 is 11.8 Å². The Balaban J connectivity index is 1.45. The Hall–Kier alpha value is -1.88. The van der Waals surface area contributed by atoms with Crippen molar-refractivity contribution in [2.24, 2.45) is 11.8 Å². The molecule has 2 heterocycles. The number of amides is 2. The van der Waals surface area contributed by atoms with E-state index in [1.165, 1.54) is 5.56 Å². The number of carbonyl (C=O) groups is 2. The number of hydrogen-bond acceptors (Lipinski definition) is 3. The van der Waals surface area contributed by atoms with E-state index in [1.54, 1.807) is 0 Å². The van der Waals surface area contributed by atoms with Crippen LogP contribution in [0.5, 0.6) is 0 Å². The lowest BCUT2D eigenvalue weighted by Crippen LogP contribution is -2.50. The molecular formula is C26H41N3O2. The molecular weight excluding hydrogens is 386 g/mol. The Kier molecular flexibility index (Phi) is 7.79. The highest BCUT2D eigenvalue weighted by Gasteiger charge is 2.32. The summed E-state index contributed by atoms with van der Waals surface area (Å²) in [5.74, 6) is 1.03. The maximum Gasteiger partial charge on any atom is 0.253 e. The molecule has 1 aromatic carbocycles.